The molecule has 0 unspecified atom stereocenters. The minimum absolute atomic E-state index is 0.451. The highest BCUT2D eigenvalue weighted by molar-refractivity contribution is 5.94. The first-order chi connectivity index (χ1) is 10.7. The van der Waals surface area contributed by atoms with Crippen LogP contribution in [-0.2, 0) is 6.54 Å². The molecule has 1 aromatic heterocycles. The number of nitrogens with zero attached hydrogens (tertiary/aromatic N) is 2. The Morgan fingerprint density at radius 3 is 2.68 bits per heavy atom. The van der Waals surface area contributed by atoms with E-state index in [0.717, 1.165) is 42.0 Å². The number of hydrogen-bond donors (Lipinski definition) is 1. The molecule has 0 atom stereocenters. The van der Waals surface area contributed by atoms with Crippen molar-refractivity contribution < 1.29 is 4.79 Å². The van der Waals surface area contributed by atoms with Gasteiger partial charge < -0.3 is 5.73 Å². The number of anilines is 1. The Hall–Kier alpha value is -2.62. The van der Waals surface area contributed by atoms with Crippen LogP contribution in [0.1, 0.15) is 30.1 Å². The van der Waals surface area contributed by atoms with Crippen molar-refractivity contribution in [3.63, 3.8) is 0 Å². The summed E-state index contributed by atoms with van der Waals surface area (Å²) in [5.74, 6) is 0.451. The maximum Gasteiger partial charge on any atom is 0.156 e. The third-order valence-electron chi connectivity index (χ3n) is 3.89. The molecule has 1 heterocycles. The largest absolute Gasteiger partial charge is 0.383 e. The third-order valence-corrected chi connectivity index (χ3v) is 3.89. The molecule has 4 nitrogen and oxygen atoms in total. The van der Waals surface area contributed by atoms with Gasteiger partial charge in [0.15, 0.2) is 6.29 Å². The average molecular weight is 293 g/mol. The van der Waals surface area contributed by atoms with Crippen LogP contribution in [0.3, 0.4) is 0 Å². The van der Waals surface area contributed by atoms with Gasteiger partial charge in [-0.25, -0.2) is 4.68 Å². The predicted molar refractivity (Wildman–Crippen MR) is 89.9 cm³/mol. The zero-order chi connectivity index (χ0) is 15.5. The van der Waals surface area contributed by atoms with E-state index < -0.39 is 0 Å². The van der Waals surface area contributed by atoms with Crippen molar-refractivity contribution >= 4 is 22.9 Å². The molecule has 0 aliphatic rings. The van der Waals surface area contributed by atoms with Crippen molar-refractivity contribution in [1.29, 1.82) is 0 Å². The van der Waals surface area contributed by atoms with Crippen LogP contribution < -0.4 is 5.73 Å². The van der Waals surface area contributed by atoms with Crippen LogP contribution in [0.2, 0.25) is 0 Å². The number of unbranched alkanes of at least 4 members (excludes halogenated alkanes) is 1. The van der Waals surface area contributed by atoms with Crippen molar-refractivity contribution in [2.45, 2.75) is 26.3 Å². The van der Waals surface area contributed by atoms with Gasteiger partial charge in [-0.05, 0) is 23.3 Å². The zero-order valence-electron chi connectivity index (χ0n) is 12.6. The molecule has 0 bridgehead atoms. The van der Waals surface area contributed by atoms with Crippen LogP contribution in [0, 0.1) is 0 Å². The molecule has 0 spiro atoms. The van der Waals surface area contributed by atoms with Gasteiger partial charge in [0.05, 0.1) is 5.56 Å². The Morgan fingerprint density at radius 1 is 1.18 bits per heavy atom. The van der Waals surface area contributed by atoms with E-state index in [4.69, 9.17) is 5.73 Å². The van der Waals surface area contributed by atoms with E-state index >= 15 is 0 Å². The first-order valence-corrected chi connectivity index (χ1v) is 7.55. The molecule has 4 heteroatoms. The summed E-state index contributed by atoms with van der Waals surface area (Å²) < 4.78 is 1.73. The van der Waals surface area contributed by atoms with E-state index in [1.165, 1.54) is 0 Å². The summed E-state index contributed by atoms with van der Waals surface area (Å²) in [6.45, 7) is 2.85. The lowest BCUT2D eigenvalue weighted by atomic mass is 10.0. The summed E-state index contributed by atoms with van der Waals surface area (Å²) in [7, 11) is 0. The molecule has 0 amide bonds. The Balaban J connectivity index is 2.10. The van der Waals surface area contributed by atoms with Crippen molar-refractivity contribution in [3.8, 4) is 11.3 Å². The van der Waals surface area contributed by atoms with Crippen molar-refractivity contribution in [1.82, 2.24) is 9.78 Å². The number of rotatable bonds is 5. The number of aldehydes is 1. The van der Waals surface area contributed by atoms with E-state index in [1.807, 2.05) is 30.3 Å². The van der Waals surface area contributed by atoms with Gasteiger partial charge in [0, 0.05) is 12.1 Å². The molecular weight excluding hydrogens is 274 g/mol. The summed E-state index contributed by atoms with van der Waals surface area (Å²) in [6.07, 6.45) is 2.84. The predicted octanol–water partition coefficient (Wildman–Crippen LogP) is 3.90. The maximum absolute atomic E-state index is 11.4. The highest BCUT2D eigenvalue weighted by atomic mass is 16.1. The number of aryl methyl sites for hydroxylation is 1. The minimum Gasteiger partial charge on any atom is -0.383 e. The number of nitrogen functional groups attached to an aromatic ring is 1. The van der Waals surface area contributed by atoms with E-state index in [1.54, 1.807) is 4.68 Å². The Bertz CT molecular complexity index is 820. The molecule has 3 aromatic rings. The summed E-state index contributed by atoms with van der Waals surface area (Å²) in [5.41, 5.74) is 8.13. The lowest BCUT2D eigenvalue weighted by Crippen LogP contribution is -2.05. The Kier molecular flexibility index (Phi) is 3.92. The van der Waals surface area contributed by atoms with Gasteiger partial charge in [-0.1, -0.05) is 49.7 Å². The first kappa shape index (κ1) is 14.3. The van der Waals surface area contributed by atoms with Crippen molar-refractivity contribution in [2.75, 3.05) is 5.73 Å². The summed E-state index contributed by atoms with van der Waals surface area (Å²) in [4.78, 5) is 11.4. The molecule has 2 N–H and O–H groups in total. The van der Waals surface area contributed by atoms with Crippen LogP contribution in [-0.4, -0.2) is 16.1 Å². The number of nitrogens with two attached hydrogens (primary N) is 1. The molecule has 112 valence electrons. The highest BCUT2D eigenvalue weighted by Crippen LogP contribution is 2.28. The molecule has 0 saturated carbocycles. The molecular formula is C18H19N3O. The standard InChI is InChI=1S/C18H19N3O/c1-2-3-10-21-18(19)16(12-22)17(20-21)15-9-8-13-6-4-5-7-14(13)11-15/h4-9,11-12H,2-3,10,19H2,1H3. The monoisotopic (exact) mass is 293 g/mol. The van der Waals surface area contributed by atoms with E-state index in [0.29, 0.717) is 17.1 Å². The van der Waals surface area contributed by atoms with Gasteiger partial charge in [0.1, 0.15) is 11.5 Å². The SMILES string of the molecule is CCCCn1nc(-c2ccc3ccccc3c2)c(C=O)c1N. The van der Waals surface area contributed by atoms with Gasteiger partial charge in [-0.2, -0.15) is 5.10 Å². The molecule has 0 aliphatic carbocycles. The second-order valence-corrected chi connectivity index (χ2v) is 5.40. The lowest BCUT2D eigenvalue weighted by Gasteiger charge is -2.02. The fraction of sp³-hybridized carbons (Fsp3) is 0.222. The number of hydrogen-bond acceptors (Lipinski definition) is 3. The third kappa shape index (κ3) is 2.48. The Morgan fingerprint density at radius 2 is 1.95 bits per heavy atom. The first-order valence-electron chi connectivity index (χ1n) is 7.55. The second-order valence-electron chi connectivity index (χ2n) is 5.40. The summed E-state index contributed by atoms with van der Waals surface area (Å²) >= 11 is 0. The second kappa shape index (κ2) is 6.02. The number of fused-ring (bicyclic) bond motifs is 1. The number of carbonyl (C=O) groups excluding carboxylic acids is 1. The van der Waals surface area contributed by atoms with E-state index in [2.05, 4.69) is 24.2 Å². The smallest absolute Gasteiger partial charge is 0.156 e. The van der Waals surface area contributed by atoms with E-state index in [9.17, 15) is 4.79 Å². The Labute approximate surface area is 129 Å². The van der Waals surface area contributed by atoms with Crippen LogP contribution in [0.4, 0.5) is 5.82 Å². The summed E-state index contributed by atoms with van der Waals surface area (Å²) in [6, 6.07) is 14.2. The molecule has 0 radical (unpaired) electrons. The molecule has 2 aromatic carbocycles. The van der Waals surface area contributed by atoms with Gasteiger partial charge in [0.25, 0.3) is 0 Å². The average Bonchev–Trinajstić information content (AvgIpc) is 2.88. The zero-order valence-corrected chi connectivity index (χ0v) is 12.6. The molecule has 0 saturated heterocycles. The van der Waals surface area contributed by atoms with E-state index in [-0.39, 0.29) is 0 Å². The number of benzene rings is 2. The minimum atomic E-state index is 0.451. The van der Waals surface area contributed by atoms with Crippen LogP contribution in [0.25, 0.3) is 22.0 Å². The van der Waals surface area contributed by atoms with Gasteiger partial charge in [-0.15, -0.1) is 0 Å². The molecule has 0 aliphatic heterocycles. The fourth-order valence-electron chi connectivity index (χ4n) is 2.63. The molecule has 0 fully saturated rings. The number of aromatic nitrogens is 2. The van der Waals surface area contributed by atoms with Crippen molar-refractivity contribution in [2.24, 2.45) is 0 Å². The van der Waals surface area contributed by atoms with Gasteiger partial charge >= 0.3 is 0 Å². The topological polar surface area (TPSA) is 60.9 Å². The van der Waals surface area contributed by atoms with Gasteiger partial charge in [-0.3, -0.25) is 4.79 Å². The quantitative estimate of drug-likeness (QED) is 0.726. The molecule has 22 heavy (non-hydrogen) atoms. The lowest BCUT2D eigenvalue weighted by molar-refractivity contribution is 0.112. The molecule has 3 rings (SSSR count). The van der Waals surface area contributed by atoms with Crippen LogP contribution in [0.5, 0.6) is 0 Å². The van der Waals surface area contributed by atoms with Gasteiger partial charge in [0.2, 0.25) is 0 Å². The number of carbonyl (C=O) groups is 1. The fourth-order valence-corrected chi connectivity index (χ4v) is 2.63. The van der Waals surface area contributed by atoms with Crippen LogP contribution in [0.15, 0.2) is 42.5 Å². The summed E-state index contributed by atoms with van der Waals surface area (Å²) in [5, 5.41) is 6.84. The van der Waals surface area contributed by atoms with Crippen molar-refractivity contribution in [3.05, 3.63) is 48.0 Å². The maximum atomic E-state index is 11.4. The normalized spacial score (nSPS) is 11.0. The van der Waals surface area contributed by atoms with Crippen LogP contribution >= 0.6 is 0 Å². The highest BCUT2D eigenvalue weighted by Gasteiger charge is 2.16.